The molecule has 0 aliphatic rings. The van der Waals surface area contributed by atoms with Gasteiger partial charge >= 0.3 is 0 Å². The van der Waals surface area contributed by atoms with E-state index in [0.29, 0.717) is 10.5 Å². The van der Waals surface area contributed by atoms with Crippen molar-refractivity contribution in [1.82, 2.24) is 19.8 Å². The predicted molar refractivity (Wildman–Crippen MR) is 67.0 cm³/mol. The topological polar surface area (TPSA) is 99.2 Å². The van der Waals surface area contributed by atoms with Gasteiger partial charge in [0.15, 0.2) is 0 Å². The van der Waals surface area contributed by atoms with Crippen molar-refractivity contribution in [2.45, 2.75) is 11.6 Å². The Morgan fingerprint density at radius 3 is 2.47 bits per heavy atom. The van der Waals surface area contributed by atoms with Crippen molar-refractivity contribution in [3.05, 3.63) is 29.0 Å². The highest BCUT2D eigenvalue weighted by molar-refractivity contribution is 7.85. The standard InChI is InChI=1S/C9H10N4O4S2/c1-17-6-12-9(18)13(11-10-12)7-2-4-8(5-3-7)19(14,15)16/h2-5H,6H2,1H3,(H,14,15,16). The van der Waals surface area contributed by atoms with Crippen LogP contribution in [-0.4, -0.2) is 39.9 Å². The van der Waals surface area contributed by atoms with Gasteiger partial charge in [0.2, 0.25) is 4.77 Å². The van der Waals surface area contributed by atoms with E-state index in [2.05, 4.69) is 10.4 Å². The summed E-state index contributed by atoms with van der Waals surface area (Å²) in [5.41, 5.74) is 0.528. The number of nitrogens with zero attached hydrogens (tertiary/aromatic N) is 4. The predicted octanol–water partition coefficient (Wildman–Crippen LogP) is 0.649. The van der Waals surface area contributed by atoms with Crippen LogP contribution in [0.1, 0.15) is 0 Å². The van der Waals surface area contributed by atoms with Gasteiger partial charge in [0.1, 0.15) is 6.73 Å². The minimum Gasteiger partial charge on any atom is -0.362 e. The third-order valence-corrected chi connectivity index (χ3v) is 3.52. The lowest BCUT2D eigenvalue weighted by Gasteiger charge is -2.01. The number of rotatable bonds is 4. The summed E-state index contributed by atoms with van der Waals surface area (Å²) >= 11 is 5.13. The molecule has 1 heterocycles. The number of ether oxygens (including phenoxy) is 1. The summed E-state index contributed by atoms with van der Waals surface area (Å²) in [6.07, 6.45) is 0. The Morgan fingerprint density at radius 2 is 1.95 bits per heavy atom. The van der Waals surface area contributed by atoms with Gasteiger partial charge < -0.3 is 4.74 Å². The molecule has 0 unspecified atom stereocenters. The average molecular weight is 302 g/mol. The highest BCUT2D eigenvalue weighted by Gasteiger charge is 2.10. The summed E-state index contributed by atoms with van der Waals surface area (Å²) in [7, 11) is -2.71. The molecule has 2 aromatic rings. The average Bonchev–Trinajstić information content (AvgIpc) is 2.71. The molecule has 2 rings (SSSR count). The van der Waals surface area contributed by atoms with Crippen LogP contribution >= 0.6 is 12.2 Å². The van der Waals surface area contributed by atoms with Crippen LogP contribution in [0, 0.1) is 4.77 Å². The van der Waals surface area contributed by atoms with Gasteiger partial charge in [-0.3, -0.25) is 4.55 Å². The third kappa shape index (κ3) is 2.87. The van der Waals surface area contributed by atoms with Gasteiger partial charge in [-0.15, -0.1) is 0 Å². The molecule has 8 nitrogen and oxygen atoms in total. The van der Waals surface area contributed by atoms with Crippen molar-refractivity contribution in [2.24, 2.45) is 0 Å². The van der Waals surface area contributed by atoms with Crippen LogP contribution in [0.25, 0.3) is 5.69 Å². The number of hydrogen-bond acceptors (Lipinski definition) is 6. The number of aromatic nitrogens is 4. The normalized spacial score (nSPS) is 11.7. The first-order valence-electron chi connectivity index (χ1n) is 5.03. The molecule has 0 aliphatic carbocycles. The Labute approximate surface area is 114 Å². The Morgan fingerprint density at radius 1 is 1.32 bits per heavy atom. The lowest BCUT2D eigenvalue weighted by Crippen LogP contribution is -2.03. The molecule has 1 aromatic carbocycles. The van der Waals surface area contributed by atoms with Gasteiger partial charge in [-0.1, -0.05) is 0 Å². The molecule has 0 saturated carbocycles. The largest absolute Gasteiger partial charge is 0.362 e. The molecule has 0 bridgehead atoms. The summed E-state index contributed by atoms with van der Waals surface area (Å²) < 4.78 is 38.6. The molecule has 0 atom stereocenters. The lowest BCUT2D eigenvalue weighted by atomic mass is 10.3. The van der Waals surface area contributed by atoms with Crippen molar-refractivity contribution in [3.8, 4) is 5.69 Å². The van der Waals surface area contributed by atoms with E-state index in [9.17, 15) is 8.42 Å². The quantitative estimate of drug-likeness (QED) is 0.653. The second-order valence-electron chi connectivity index (χ2n) is 3.56. The van der Waals surface area contributed by atoms with Gasteiger partial charge in [0.05, 0.1) is 10.6 Å². The van der Waals surface area contributed by atoms with E-state index in [1.165, 1.54) is 40.7 Å². The molecule has 0 radical (unpaired) electrons. The molecule has 19 heavy (non-hydrogen) atoms. The van der Waals surface area contributed by atoms with E-state index in [-0.39, 0.29) is 11.6 Å². The maximum Gasteiger partial charge on any atom is 0.294 e. The molecular formula is C9H10N4O4S2. The van der Waals surface area contributed by atoms with Crippen LogP contribution < -0.4 is 0 Å². The van der Waals surface area contributed by atoms with Crippen molar-refractivity contribution in [1.29, 1.82) is 0 Å². The summed E-state index contributed by atoms with van der Waals surface area (Å²) in [6, 6.07) is 5.43. The molecule has 1 N–H and O–H groups in total. The van der Waals surface area contributed by atoms with Crippen LogP contribution in [0.15, 0.2) is 29.2 Å². The first kappa shape index (κ1) is 13.8. The highest BCUT2D eigenvalue weighted by Crippen LogP contribution is 2.13. The van der Waals surface area contributed by atoms with E-state index in [1.54, 1.807) is 0 Å². The first-order chi connectivity index (χ1) is 8.93. The zero-order valence-electron chi connectivity index (χ0n) is 9.79. The molecule has 0 aliphatic heterocycles. The van der Waals surface area contributed by atoms with Gasteiger partial charge in [-0.2, -0.15) is 17.8 Å². The van der Waals surface area contributed by atoms with Crippen molar-refractivity contribution >= 4 is 22.3 Å². The Bertz CT molecular complexity index is 732. The van der Waals surface area contributed by atoms with Gasteiger partial charge in [-0.05, 0) is 46.9 Å². The van der Waals surface area contributed by atoms with Crippen LogP contribution in [0.5, 0.6) is 0 Å². The van der Waals surface area contributed by atoms with Crippen molar-refractivity contribution in [2.75, 3.05) is 7.11 Å². The zero-order chi connectivity index (χ0) is 14.0. The minimum absolute atomic E-state index is 0.169. The van der Waals surface area contributed by atoms with E-state index in [1.807, 2.05) is 0 Å². The fourth-order valence-electron chi connectivity index (χ4n) is 1.40. The van der Waals surface area contributed by atoms with E-state index < -0.39 is 10.1 Å². The molecule has 0 spiro atoms. The molecule has 0 saturated heterocycles. The number of methoxy groups -OCH3 is 1. The lowest BCUT2D eigenvalue weighted by molar-refractivity contribution is 0.117. The minimum atomic E-state index is -4.21. The molecule has 1 aromatic heterocycles. The number of tetrazole rings is 1. The molecular weight excluding hydrogens is 292 g/mol. The molecule has 10 heteroatoms. The summed E-state index contributed by atoms with van der Waals surface area (Å²) in [4.78, 5) is -0.202. The zero-order valence-corrected chi connectivity index (χ0v) is 11.4. The molecule has 102 valence electrons. The SMILES string of the molecule is COCn1nnn(-c2ccc(S(=O)(=O)O)cc2)c1=S. The number of benzene rings is 1. The summed E-state index contributed by atoms with van der Waals surface area (Å²) in [5, 5.41) is 7.62. The Hall–Kier alpha value is -1.62. The van der Waals surface area contributed by atoms with Crippen LogP contribution in [0.2, 0.25) is 0 Å². The van der Waals surface area contributed by atoms with E-state index in [4.69, 9.17) is 21.5 Å². The Kier molecular flexibility index (Phi) is 3.75. The number of hydrogen-bond donors (Lipinski definition) is 1. The van der Waals surface area contributed by atoms with Crippen molar-refractivity contribution < 1.29 is 17.7 Å². The molecule has 0 fully saturated rings. The Balaban J connectivity index is 2.41. The maximum absolute atomic E-state index is 10.9. The third-order valence-electron chi connectivity index (χ3n) is 2.27. The van der Waals surface area contributed by atoms with Crippen LogP contribution in [-0.2, 0) is 21.6 Å². The second kappa shape index (κ2) is 5.17. The fraction of sp³-hybridized carbons (Fsp3) is 0.222. The smallest absolute Gasteiger partial charge is 0.294 e. The van der Waals surface area contributed by atoms with Gasteiger partial charge in [0.25, 0.3) is 10.1 Å². The highest BCUT2D eigenvalue weighted by atomic mass is 32.2. The maximum atomic E-state index is 10.9. The monoisotopic (exact) mass is 302 g/mol. The van der Waals surface area contributed by atoms with Gasteiger partial charge in [0, 0.05) is 7.11 Å². The van der Waals surface area contributed by atoms with Gasteiger partial charge in [-0.25, -0.2) is 0 Å². The molecule has 0 amide bonds. The fourth-order valence-corrected chi connectivity index (χ4v) is 2.11. The first-order valence-corrected chi connectivity index (χ1v) is 6.88. The van der Waals surface area contributed by atoms with Crippen LogP contribution in [0.3, 0.4) is 0 Å². The summed E-state index contributed by atoms with van der Waals surface area (Å²) in [5.74, 6) is 0. The van der Waals surface area contributed by atoms with E-state index in [0.717, 1.165) is 0 Å². The van der Waals surface area contributed by atoms with Crippen LogP contribution in [0.4, 0.5) is 0 Å². The summed E-state index contributed by atoms with van der Waals surface area (Å²) in [6.45, 7) is 0.169. The van der Waals surface area contributed by atoms with E-state index >= 15 is 0 Å². The van der Waals surface area contributed by atoms with Crippen molar-refractivity contribution in [3.63, 3.8) is 0 Å². The second-order valence-corrected chi connectivity index (χ2v) is 5.35.